The van der Waals surface area contributed by atoms with E-state index in [4.69, 9.17) is 5.73 Å². The average molecular weight is 288 g/mol. The molecule has 3 nitrogen and oxygen atoms in total. The van der Waals surface area contributed by atoms with E-state index >= 15 is 0 Å². The second-order valence-electron chi connectivity index (χ2n) is 7.00. The molecule has 0 spiro atoms. The highest BCUT2D eigenvalue weighted by Crippen LogP contribution is 2.33. The largest absolute Gasteiger partial charge is 0.398 e. The summed E-state index contributed by atoms with van der Waals surface area (Å²) in [6, 6.07) is 5.89. The van der Waals surface area contributed by atoms with Crippen LogP contribution in [0.3, 0.4) is 0 Å². The van der Waals surface area contributed by atoms with Gasteiger partial charge in [0, 0.05) is 11.7 Å². The third-order valence-corrected chi connectivity index (χ3v) is 4.79. The van der Waals surface area contributed by atoms with Gasteiger partial charge < -0.3 is 11.1 Å². The number of aryl methyl sites for hydroxylation is 1. The van der Waals surface area contributed by atoms with Crippen molar-refractivity contribution in [2.24, 2.45) is 17.8 Å². The van der Waals surface area contributed by atoms with Gasteiger partial charge in [-0.15, -0.1) is 0 Å². The molecule has 116 valence electrons. The van der Waals surface area contributed by atoms with Crippen molar-refractivity contribution in [1.82, 2.24) is 5.32 Å². The van der Waals surface area contributed by atoms with Crippen LogP contribution >= 0.6 is 0 Å². The first-order valence-electron chi connectivity index (χ1n) is 8.05. The van der Waals surface area contributed by atoms with Crippen LogP contribution in [0.15, 0.2) is 18.2 Å². The fourth-order valence-corrected chi connectivity index (χ4v) is 3.48. The third kappa shape index (κ3) is 3.78. The summed E-state index contributed by atoms with van der Waals surface area (Å²) in [7, 11) is 0. The predicted octanol–water partition coefficient (Wildman–Crippen LogP) is 3.77. The SMILES string of the molecule is Cc1ccc(N)c(C(=O)NC2CC(C)CCC2C(C)C)c1. The van der Waals surface area contributed by atoms with E-state index in [-0.39, 0.29) is 11.9 Å². The van der Waals surface area contributed by atoms with Gasteiger partial charge in [0.1, 0.15) is 0 Å². The molecule has 1 amide bonds. The molecule has 1 aliphatic rings. The van der Waals surface area contributed by atoms with Crippen molar-refractivity contribution in [2.45, 2.75) is 53.0 Å². The van der Waals surface area contributed by atoms with E-state index in [9.17, 15) is 4.79 Å². The number of carbonyl (C=O) groups excluding carboxylic acids is 1. The van der Waals surface area contributed by atoms with Crippen LogP contribution in [-0.4, -0.2) is 11.9 Å². The van der Waals surface area contributed by atoms with Crippen molar-refractivity contribution >= 4 is 11.6 Å². The third-order valence-electron chi connectivity index (χ3n) is 4.79. The fourth-order valence-electron chi connectivity index (χ4n) is 3.48. The van der Waals surface area contributed by atoms with E-state index < -0.39 is 0 Å². The van der Waals surface area contributed by atoms with Crippen molar-refractivity contribution in [3.8, 4) is 0 Å². The Morgan fingerprint density at radius 3 is 2.71 bits per heavy atom. The average Bonchev–Trinajstić information content (AvgIpc) is 2.41. The number of anilines is 1. The van der Waals surface area contributed by atoms with Gasteiger partial charge in [-0.05, 0) is 49.7 Å². The normalized spacial score (nSPS) is 25.9. The number of benzene rings is 1. The zero-order chi connectivity index (χ0) is 15.6. The Bertz CT molecular complexity index is 510. The minimum Gasteiger partial charge on any atom is -0.398 e. The molecule has 21 heavy (non-hydrogen) atoms. The Morgan fingerprint density at radius 2 is 2.05 bits per heavy atom. The number of carbonyl (C=O) groups is 1. The molecule has 1 aromatic rings. The lowest BCUT2D eigenvalue weighted by molar-refractivity contribution is 0.0868. The molecule has 2 rings (SSSR count). The zero-order valence-corrected chi connectivity index (χ0v) is 13.6. The summed E-state index contributed by atoms with van der Waals surface area (Å²) < 4.78 is 0. The Kier molecular flexibility index (Phi) is 4.92. The summed E-state index contributed by atoms with van der Waals surface area (Å²) in [5, 5.41) is 3.25. The summed E-state index contributed by atoms with van der Waals surface area (Å²) in [6.07, 6.45) is 3.54. The summed E-state index contributed by atoms with van der Waals surface area (Å²) in [5.74, 6) is 1.81. The van der Waals surface area contributed by atoms with E-state index in [0.29, 0.717) is 29.0 Å². The van der Waals surface area contributed by atoms with E-state index in [2.05, 4.69) is 26.1 Å². The lowest BCUT2D eigenvalue weighted by Gasteiger charge is -2.37. The number of nitrogens with one attached hydrogen (secondary N) is 1. The van der Waals surface area contributed by atoms with Gasteiger partial charge in [-0.25, -0.2) is 0 Å². The van der Waals surface area contributed by atoms with Crippen LogP contribution in [0, 0.1) is 24.7 Å². The first-order valence-corrected chi connectivity index (χ1v) is 8.05. The molecule has 1 fully saturated rings. The van der Waals surface area contributed by atoms with Gasteiger partial charge in [0.25, 0.3) is 5.91 Å². The van der Waals surface area contributed by atoms with E-state index in [1.807, 2.05) is 25.1 Å². The van der Waals surface area contributed by atoms with Gasteiger partial charge in [-0.3, -0.25) is 4.79 Å². The second kappa shape index (κ2) is 6.50. The van der Waals surface area contributed by atoms with E-state index in [0.717, 1.165) is 12.0 Å². The van der Waals surface area contributed by atoms with Crippen LogP contribution in [0.2, 0.25) is 0 Å². The maximum absolute atomic E-state index is 12.6. The Labute approximate surface area is 128 Å². The molecule has 0 bridgehead atoms. The van der Waals surface area contributed by atoms with Gasteiger partial charge in [0.05, 0.1) is 5.56 Å². The quantitative estimate of drug-likeness (QED) is 0.832. The molecular formula is C18H28N2O. The Balaban J connectivity index is 2.14. The number of hydrogen-bond donors (Lipinski definition) is 2. The first-order chi connectivity index (χ1) is 9.88. The van der Waals surface area contributed by atoms with Crippen LogP contribution in [0.4, 0.5) is 5.69 Å². The highest BCUT2D eigenvalue weighted by atomic mass is 16.1. The summed E-state index contributed by atoms with van der Waals surface area (Å²) in [4.78, 5) is 12.6. The van der Waals surface area contributed by atoms with Crippen molar-refractivity contribution in [1.29, 1.82) is 0 Å². The minimum absolute atomic E-state index is 0.0269. The number of rotatable bonds is 3. The maximum atomic E-state index is 12.6. The highest BCUT2D eigenvalue weighted by molar-refractivity contribution is 5.99. The second-order valence-corrected chi connectivity index (χ2v) is 7.00. The van der Waals surface area contributed by atoms with Gasteiger partial charge in [0.15, 0.2) is 0 Å². The molecule has 0 aromatic heterocycles. The molecule has 1 aliphatic carbocycles. The number of amides is 1. The molecule has 0 saturated heterocycles. The molecule has 3 heteroatoms. The lowest BCUT2D eigenvalue weighted by atomic mass is 9.74. The maximum Gasteiger partial charge on any atom is 0.253 e. The zero-order valence-electron chi connectivity index (χ0n) is 13.6. The molecule has 0 heterocycles. The molecule has 3 N–H and O–H groups in total. The Hall–Kier alpha value is -1.51. The van der Waals surface area contributed by atoms with Crippen LogP contribution in [0.1, 0.15) is 56.0 Å². The first kappa shape index (κ1) is 15.9. The van der Waals surface area contributed by atoms with Gasteiger partial charge >= 0.3 is 0 Å². The fraction of sp³-hybridized carbons (Fsp3) is 0.611. The number of nitrogens with two attached hydrogens (primary N) is 1. The van der Waals surface area contributed by atoms with E-state index in [1.54, 1.807) is 0 Å². The summed E-state index contributed by atoms with van der Waals surface area (Å²) >= 11 is 0. The summed E-state index contributed by atoms with van der Waals surface area (Å²) in [5.41, 5.74) is 8.18. The number of nitrogen functional groups attached to an aromatic ring is 1. The minimum atomic E-state index is -0.0269. The van der Waals surface area contributed by atoms with E-state index in [1.165, 1.54) is 12.8 Å². The number of hydrogen-bond acceptors (Lipinski definition) is 2. The van der Waals surface area contributed by atoms with Crippen LogP contribution in [-0.2, 0) is 0 Å². The molecule has 1 saturated carbocycles. The summed E-state index contributed by atoms with van der Waals surface area (Å²) in [6.45, 7) is 8.76. The topological polar surface area (TPSA) is 55.1 Å². The molecule has 0 radical (unpaired) electrons. The monoisotopic (exact) mass is 288 g/mol. The lowest BCUT2D eigenvalue weighted by Crippen LogP contribution is -2.45. The van der Waals surface area contributed by atoms with Crippen molar-refractivity contribution in [2.75, 3.05) is 5.73 Å². The van der Waals surface area contributed by atoms with Crippen molar-refractivity contribution < 1.29 is 4.79 Å². The van der Waals surface area contributed by atoms with Gasteiger partial charge in [0.2, 0.25) is 0 Å². The molecular weight excluding hydrogens is 260 g/mol. The van der Waals surface area contributed by atoms with Crippen molar-refractivity contribution in [3.05, 3.63) is 29.3 Å². The smallest absolute Gasteiger partial charge is 0.253 e. The van der Waals surface area contributed by atoms with Gasteiger partial charge in [-0.2, -0.15) is 0 Å². The van der Waals surface area contributed by atoms with Crippen molar-refractivity contribution in [3.63, 3.8) is 0 Å². The highest BCUT2D eigenvalue weighted by Gasteiger charge is 2.32. The molecule has 3 unspecified atom stereocenters. The predicted molar refractivity (Wildman–Crippen MR) is 88.2 cm³/mol. The molecule has 0 aliphatic heterocycles. The van der Waals surface area contributed by atoms with Crippen LogP contribution in [0.5, 0.6) is 0 Å². The van der Waals surface area contributed by atoms with Gasteiger partial charge in [-0.1, -0.05) is 38.8 Å². The molecule has 3 atom stereocenters. The van der Waals surface area contributed by atoms with Crippen LogP contribution in [0.25, 0.3) is 0 Å². The standard InChI is InChI=1S/C18H28N2O/c1-11(2)14-7-5-13(4)10-17(14)20-18(21)15-9-12(3)6-8-16(15)19/h6,8-9,11,13-14,17H,5,7,10,19H2,1-4H3,(H,20,21). The molecule has 1 aromatic carbocycles. The Morgan fingerprint density at radius 1 is 1.33 bits per heavy atom. The van der Waals surface area contributed by atoms with Crippen LogP contribution < -0.4 is 11.1 Å².